The Bertz CT molecular complexity index is 1190. The molecule has 0 saturated carbocycles. The molecular formula is C26H26N4O7. The zero-order valence-electron chi connectivity index (χ0n) is 19.8. The molecule has 0 fully saturated rings. The lowest BCUT2D eigenvalue weighted by Crippen LogP contribution is -2.47. The second-order valence-electron chi connectivity index (χ2n) is 8.21. The molecule has 0 aromatic heterocycles. The minimum absolute atomic E-state index is 0.0933. The Labute approximate surface area is 212 Å². The number of amides is 5. The first-order valence-corrected chi connectivity index (χ1v) is 11.5. The second kappa shape index (κ2) is 12.8. The third-order valence-corrected chi connectivity index (χ3v) is 5.45. The van der Waals surface area contributed by atoms with Crippen LogP contribution < -0.4 is 20.9 Å². The van der Waals surface area contributed by atoms with Crippen LogP contribution in [0.5, 0.6) is 0 Å². The number of hydrogen-bond acceptors (Lipinski definition) is 6. The van der Waals surface area contributed by atoms with Crippen molar-refractivity contribution in [2.45, 2.75) is 25.3 Å². The molecule has 5 amide bonds. The van der Waals surface area contributed by atoms with Gasteiger partial charge in [-0.1, -0.05) is 42.5 Å². The van der Waals surface area contributed by atoms with Gasteiger partial charge in [0.2, 0.25) is 17.7 Å². The number of hydrogen-bond donors (Lipinski definition) is 4. The number of nitrogens with one attached hydrogen (secondary N) is 3. The van der Waals surface area contributed by atoms with Crippen LogP contribution >= 0.6 is 0 Å². The Morgan fingerprint density at radius 1 is 0.757 bits per heavy atom. The first-order chi connectivity index (χ1) is 17.7. The molecule has 2 aromatic rings. The van der Waals surface area contributed by atoms with E-state index in [1.54, 1.807) is 54.6 Å². The number of anilines is 1. The lowest BCUT2D eigenvalue weighted by molar-refractivity contribution is -0.141. The molecule has 4 N–H and O–H groups in total. The molecule has 3 rings (SSSR count). The summed E-state index contributed by atoms with van der Waals surface area (Å²) in [6, 6.07) is 14.3. The van der Waals surface area contributed by atoms with Crippen molar-refractivity contribution >= 4 is 41.2 Å². The fourth-order valence-corrected chi connectivity index (χ4v) is 3.53. The van der Waals surface area contributed by atoms with Crippen LogP contribution in [0, 0.1) is 0 Å². The van der Waals surface area contributed by atoms with E-state index in [4.69, 9.17) is 0 Å². The minimum Gasteiger partial charge on any atom is -0.480 e. The summed E-state index contributed by atoms with van der Waals surface area (Å²) in [6.07, 6.45) is 2.95. The van der Waals surface area contributed by atoms with Crippen LogP contribution in [0.4, 0.5) is 5.69 Å². The van der Waals surface area contributed by atoms with Gasteiger partial charge in [0.15, 0.2) is 0 Å². The monoisotopic (exact) mass is 506 g/mol. The number of benzene rings is 2. The van der Waals surface area contributed by atoms with Crippen molar-refractivity contribution < 1.29 is 33.9 Å². The van der Waals surface area contributed by atoms with Gasteiger partial charge < -0.3 is 21.1 Å². The number of imide groups is 1. The lowest BCUT2D eigenvalue weighted by atomic mass is 10.1. The number of carbonyl (C=O) groups is 6. The van der Waals surface area contributed by atoms with E-state index in [-0.39, 0.29) is 25.3 Å². The first-order valence-electron chi connectivity index (χ1n) is 11.5. The molecule has 0 saturated heterocycles. The van der Waals surface area contributed by atoms with Gasteiger partial charge in [0.25, 0.3) is 11.8 Å². The van der Waals surface area contributed by atoms with E-state index in [1.165, 1.54) is 12.2 Å². The molecule has 192 valence electrons. The Hall–Kier alpha value is -4.80. The summed E-state index contributed by atoms with van der Waals surface area (Å²) in [5, 5.41) is 16.5. The second-order valence-corrected chi connectivity index (χ2v) is 8.21. The lowest BCUT2D eigenvalue weighted by Gasteiger charge is -2.15. The van der Waals surface area contributed by atoms with E-state index in [0.29, 0.717) is 12.1 Å². The highest BCUT2D eigenvalue weighted by molar-refractivity contribution is 6.28. The average Bonchev–Trinajstić information content (AvgIpc) is 3.23. The van der Waals surface area contributed by atoms with Crippen LogP contribution in [-0.2, 0) is 41.6 Å². The zero-order valence-corrected chi connectivity index (χ0v) is 19.8. The Balaban J connectivity index is 1.34. The number of rotatable bonds is 12. The van der Waals surface area contributed by atoms with Crippen LogP contribution in [0.2, 0.25) is 0 Å². The van der Waals surface area contributed by atoms with E-state index in [1.807, 2.05) is 0 Å². The molecular weight excluding hydrogens is 480 g/mol. The van der Waals surface area contributed by atoms with Gasteiger partial charge in [-0.05, 0) is 29.7 Å². The molecule has 0 bridgehead atoms. The normalized spacial score (nSPS) is 13.2. The van der Waals surface area contributed by atoms with Gasteiger partial charge in [0.05, 0.1) is 18.8 Å². The molecule has 11 nitrogen and oxygen atoms in total. The van der Waals surface area contributed by atoms with E-state index in [9.17, 15) is 33.9 Å². The Morgan fingerprint density at radius 3 is 1.97 bits per heavy atom. The zero-order chi connectivity index (χ0) is 26.8. The van der Waals surface area contributed by atoms with Crippen molar-refractivity contribution in [2.24, 2.45) is 0 Å². The minimum atomic E-state index is -1.19. The number of aryl methyl sites for hydroxylation is 1. The summed E-state index contributed by atoms with van der Waals surface area (Å²) >= 11 is 0. The van der Waals surface area contributed by atoms with Gasteiger partial charge in [-0.15, -0.1) is 0 Å². The van der Waals surface area contributed by atoms with E-state index >= 15 is 0 Å². The van der Waals surface area contributed by atoms with Crippen LogP contribution in [0.1, 0.15) is 17.5 Å². The molecule has 1 aliphatic heterocycles. The predicted molar refractivity (Wildman–Crippen MR) is 132 cm³/mol. The van der Waals surface area contributed by atoms with E-state index < -0.39 is 42.2 Å². The Morgan fingerprint density at radius 2 is 1.35 bits per heavy atom. The maximum atomic E-state index is 12.1. The molecule has 0 radical (unpaired) electrons. The SMILES string of the molecule is O=C(CCc1ccc(N2C(=O)C=CC2=O)cc1)NCC(=O)NCC(=O)N[C@@H](Cc1ccccc1)C(=O)O. The van der Waals surface area contributed by atoms with Gasteiger partial charge in [-0.3, -0.25) is 24.0 Å². The van der Waals surface area contributed by atoms with E-state index in [2.05, 4.69) is 16.0 Å². The summed E-state index contributed by atoms with van der Waals surface area (Å²) in [4.78, 5) is 72.0. The van der Waals surface area contributed by atoms with Gasteiger partial charge >= 0.3 is 5.97 Å². The van der Waals surface area contributed by atoms with Crippen LogP contribution in [-0.4, -0.2) is 59.7 Å². The van der Waals surface area contributed by atoms with Crippen molar-refractivity contribution in [1.29, 1.82) is 0 Å². The Kier molecular flexibility index (Phi) is 9.25. The molecule has 1 atom stereocenters. The number of carboxylic acid groups (broad SMARTS) is 1. The van der Waals surface area contributed by atoms with Gasteiger partial charge in [0.1, 0.15) is 6.04 Å². The summed E-state index contributed by atoms with van der Waals surface area (Å²) < 4.78 is 0. The smallest absolute Gasteiger partial charge is 0.326 e. The third-order valence-electron chi connectivity index (χ3n) is 5.45. The molecule has 1 heterocycles. The standard InChI is InChI=1S/C26H26N4O7/c31-21(11-8-17-6-9-19(10-7-17)30-24(34)12-13-25(30)35)27-15-22(32)28-16-23(33)29-20(26(36)37)14-18-4-2-1-3-5-18/h1-7,9-10,12-13,20H,8,11,14-16H2,(H,27,31)(H,28,32)(H,29,33)(H,36,37)/t20-/m0/s1. The molecule has 0 aliphatic carbocycles. The molecule has 0 unspecified atom stereocenters. The highest BCUT2D eigenvalue weighted by Gasteiger charge is 2.25. The predicted octanol–water partition coefficient (Wildman–Crippen LogP) is 0.0931. The maximum Gasteiger partial charge on any atom is 0.326 e. The number of carbonyl (C=O) groups excluding carboxylic acids is 5. The number of nitrogens with zero attached hydrogens (tertiary/aromatic N) is 1. The summed E-state index contributed by atoms with van der Waals surface area (Å²) in [7, 11) is 0. The van der Waals surface area contributed by atoms with Crippen molar-refractivity contribution in [3.05, 3.63) is 77.9 Å². The average molecular weight is 507 g/mol. The molecule has 37 heavy (non-hydrogen) atoms. The van der Waals surface area contributed by atoms with Crippen molar-refractivity contribution in [2.75, 3.05) is 18.0 Å². The van der Waals surface area contributed by atoms with E-state index in [0.717, 1.165) is 16.0 Å². The van der Waals surface area contributed by atoms with Crippen molar-refractivity contribution in [3.8, 4) is 0 Å². The highest BCUT2D eigenvalue weighted by Crippen LogP contribution is 2.20. The molecule has 0 spiro atoms. The number of carboxylic acids is 1. The maximum absolute atomic E-state index is 12.1. The summed E-state index contributed by atoms with van der Waals surface area (Å²) in [6.45, 7) is -0.777. The van der Waals surface area contributed by atoms with Crippen molar-refractivity contribution in [3.63, 3.8) is 0 Å². The quantitative estimate of drug-likeness (QED) is 0.297. The van der Waals surface area contributed by atoms with Gasteiger partial charge in [-0.2, -0.15) is 0 Å². The van der Waals surface area contributed by atoms with Crippen LogP contribution in [0.15, 0.2) is 66.7 Å². The first kappa shape index (κ1) is 26.8. The summed E-state index contributed by atoms with van der Waals surface area (Å²) in [5.74, 6) is -3.67. The number of aliphatic carboxylic acids is 1. The third kappa shape index (κ3) is 8.13. The fourth-order valence-electron chi connectivity index (χ4n) is 3.53. The fraction of sp³-hybridized carbons (Fsp3) is 0.231. The highest BCUT2D eigenvalue weighted by atomic mass is 16.4. The topological polar surface area (TPSA) is 162 Å². The van der Waals surface area contributed by atoms with Gasteiger partial charge in [-0.25, -0.2) is 9.69 Å². The van der Waals surface area contributed by atoms with Crippen LogP contribution in [0.3, 0.4) is 0 Å². The van der Waals surface area contributed by atoms with Gasteiger partial charge in [0, 0.05) is 25.0 Å². The molecule has 1 aliphatic rings. The molecule has 2 aromatic carbocycles. The summed E-state index contributed by atoms with van der Waals surface area (Å²) in [5.41, 5.74) is 1.98. The molecule has 11 heteroatoms. The van der Waals surface area contributed by atoms with Crippen molar-refractivity contribution in [1.82, 2.24) is 16.0 Å². The largest absolute Gasteiger partial charge is 0.480 e. The van der Waals surface area contributed by atoms with Crippen LogP contribution in [0.25, 0.3) is 0 Å².